The van der Waals surface area contributed by atoms with E-state index in [0.717, 1.165) is 44.7 Å². The Kier molecular flexibility index (Phi) is 10.7. The Morgan fingerprint density at radius 3 is 2.58 bits per heavy atom. The van der Waals surface area contributed by atoms with Crippen LogP contribution in [0.25, 0.3) is 0 Å². The van der Waals surface area contributed by atoms with Crippen LogP contribution in [0.5, 0.6) is 0 Å². The highest BCUT2D eigenvalue weighted by Crippen LogP contribution is 2.22. The fourth-order valence-corrected chi connectivity index (χ4v) is 2.94. The molecule has 1 heterocycles. The maximum Gasteiger partial charge on any atom is 0.242 e. The van der Waals surface area contributed by atoms with E-state index in [1.807, 2.05) is 0 Å². The second-order valence-corrected chi connectivity index (χ2v) is 6.15. The normalized spacial score (nSPS) is 19.9. The van der Waals surface area contributed by atoms with Crippen molar-refractivity contribution in [3.63, 3.8) is 0 Å². The van der Waals surface area contributed by atoms with Gasteiger partial charge in [-0.05, 0) is 19.3 Å². The first-order chi connectivity index (χ1) is 11.7. The first-order valence-electron chi connectivity index (χ1n) is 8.66. The second kappa shape index (κ2) is 12.6. The number of hydrogen-bond donors (Lipinski definition) is 1. The number of nitrogens with zero attached hydrogens (tertiary/aromatic N) is 1. The van der Waals surface area contributed by atoms with Crippen LogP contribution in [0.15, 0.2) is 0 Å². The fourth-order valence-electron chi connectivity index (χ4n) is 2.94. The fraction of sp³-hybridized carbons (Fsp3) is 0.765. The lowest BCUT2D eigenvalue weighted by Gasteiger charge is -2.20. The zero-order valence-corrected chi connectivity index (χ0v) is 14.2. The summed E-state index contributed by atoms with van der Waals surface area (Å²) in [6, 6.07) is -0.419. The molecule has 1 aliphatic heterocycles. The molecule has 0 radical (unpaired) electrons. The number of nitrogens with one attached hydrogen (secondary N) is 1. The van der Waals surface area contributed by atoms with E-state index in [1.54, 1.807) is 0 Å². The Morgan fingerprint density at radius 1 is 1.12 bits per heavy atom. The third kappa shape index (κ3) is 7.68. The molecule has 0 saturated carbocycles. The summed E-state index contributed by atoms with van der Waals surface area (Å²) in [6.07, 6.45) is 8.70. The quantitative estimate of drug-likeness (QED) is 0.371. The standard InChI is InChI=1S/C17H28N2O5/c20-7-5-3-1-2-4-6-8-24-13-15-9-16(12-21)19(11-15)17(23)10-18-14-22/h7,12,14-16H,1-6,8-11,13H2,(H,18,22). The van der Waals surface area contributed by atoms with Crippen LogP contribution in [-0.4, -0.2) is 62.1 Å². The Bertz CT molecular complexity index is 402. The minimum atomic E-state index is -0.419. The van der Waals surface area contributed by atoms with Crippen molar-refractivity contribution in [1.82, 2.24) is 10.2 Å². The maximum absolute atomic E-state index is 11.9. The summed E-state index contributed by atoms with van der Waals surface area (Å²) in [7, 11) is 0. The number of unbranched alkanes of at least 4 members (excludes halogenated alkanes) is 5. The van der Waals surface area contributed by atoms with Gasteiger partial charge in [0, 0.05) is 25.5 Å². The molecule has 7 nitrogen and oxygen atoms in total. The number of carbonyl (C=O) groups excluding carboxylic acids is 4. The van der Waals surface area contributed by atoms with Gasteiger partial charge in [-0.2, -0.15) is 0 Å². The van der Waals surface area contributed by atoms with Gasteiger partial charge >= 0.3 is 0 Å². The second-order valence-electron chi connectivity index (χ2n) is 6.15. The topological polar surface area (TPSA) is 92.8 Å². The monoisotopic (exact) mass is 340 g/mol. The molecule has 1 N–H and O–H groups in total. The molecule has 0 aromatic rings. The van der Waals surface area contributed by atoms with Crippen molar-refractivity contribution in [3.05, 3.63) is 0 Å². The van der Waals surface area contributed by atoms with Gasteiger partial charge in [-0.25, -0.2) is 0 Å². The molecule has 1 rings (SSSR count). The van der Waals surface area contributed by atoms with E-state index in [4.69, 9.17) is 4.74 Å². The average Bonchev–Trinajstić information content (AvgIpc) is 3.01. The molecule has 7 heteroatoms. The number of amides is 2. The van der Waals surface area contributed by atoms with Gasteiger partial charge in [0.1, 0.15) is 12.6 Å². The number of rotatable bonds is 14. The van der Waals surface area contributed by atoms with Gasteiger partial charge in [-0.1, -0.05) is 19.3 Å². The van der Waals surface area contributed by atoms with Crippen molar-refractivity contribution in [3.8, 4) is 0 Å². The SMILES string of the molecule is O=CCCCCCCCOCC1CC(C=O)N(C(=O)CNC=O)C1. The molecule has 0 bridgehead atoms. The number of aldehydes is 2. The molecule has 2 atom stereocenters. The zero-order valence-electron chi connectivity index (χ0n) is 14.2. The summed E-state index contributed by atoms with van der Waals surface area (Å²) in [5.41, 5.74) is 0. The highest BCUT2D eigenvalue weighted by Gasteiger charge is 2.34. The molecule has 1 fully saturated rings. The largest absolute Gasteiger partial charge is 0.381 e. The van der Waals surface area contributed by atoms with Gasteiger partial charge in [0.15, 0.2) is 0 Å². The Hall–Kier alpha value is -1.76. The smallest absolute Gasteiger partial charge is 0.242 e. The molecule has 2 unspecified atom stereocenters. The van der Waals surface area contributed by atoms with Gasteiger partial charge in [0.05, 0.1) is 19.2 Å². The van der Waals surface area contributed by atoms with Crippen molar-refractivity contribution in [1.29, 1.82) is 0 Å². The van der Waals surface area contributed by atoms with Crippen molar-refractivity contribution in [2.75, 3.05) is 26.3 Å². The molecule has 0 aliphatic carbocycles. The van der Waals surface area contributed by atoms with Crippen LogP contribution in [0.4, 0.5) is 0 Å². The summed E-state index contributed by atoms with van der Waals surface area (Å²) < 4.78 is 5.67. The third-order valence-corrected chi connectivity index (χ3v) is 4.21. The zero-order chi connectivity index (χ0) is 17.6. The van der Waals surface area contributed by atoms with E-state index >= 15 is 0 Å². The van der Waals surface area contributed by atoms with Crippen LogP contribution in [-0.2, 0) is 23.9 Å². The highest BCUT2D eigenvalue weighted by molar-refractivity contribution is 5.83. The molecule has 2 amide bonds. The Morgan fingerprint density at radius 2 is 1.88 bits per heavy atom. The maximum atomic E-state index is 11.9. The lowest BCUT2D eigenvalue weighted by Crippen LogP contribution is -2.41. The predicted octanol–water partition coefficient (Wildman–Crippen LogP) is 0.705. The molecule has 1 saturated heterocycles. The summed E-state index contributed by atoms with van der Waals surface area (Å²) >= 11 is 0. The summed E-state index contributed by atoms with van der Waals surface area (Å²) in [6.45, 7) is 1.64. The van der Waals surface area contributed by atoms with Crippen LogP contribution in [0.3, 0.4) is 0 Å². The van der Waals surface area contributed by atoms with Gasteiger partial charge < -0.3 is 24.5 Å². The molecule has 0 aromatic heterocycles. The van der Waals surface area contributed by atoms with Crippen LogP contribution < -0.4 is 5.32 Å². The predicted molar refractivity (Wildman–Crippen MR) is 88.3 cm³/mol. The Labute approximate surface area is 143 Å². The number of likely N-dealkylation sites (tertiary alicyclic amines) is 1. The highest BCUT2D eigenvalue weighted by atomic mass is 16.5. The third-order valence-electron chi connectivity index (χ3n) is 4.21. The van der Waals surface area contributed by atoms with Gasteiger partial charge in [-0.3, -0.25) is 9.59 Å². The molecule has 1 aliphatic rings. The van der Waals surface area contributed by atoms with Gasteiger partial charge in [0.2, 0.25) is 12.3 Å². The molecule has 24 heavy (non-hydrogen) atoms. The summed E-state index contributed by atoms with van der Waals surface area (Å²) in [4.78, 5) is 45.0. The number of hydrogen-bond acceptors (Lipinski definition) is 5. The average molecular weight is 340 g/mol. The molecule has 0 spiro atoms. The van der Waals surface area contributed by atoms with E-state index in [9.17, 15) is 19.2 Å². The summed E-state index contributed by atoms with van der Waals surface area (Å²) in [5.74, 6) is -0.0787. The van der Waals surface area contributed by atoms with E-state index in [-0.39, 0.29) is 18.4 Å². The summed E-state index contributed by atoms with van der Waals surface area (Å²) in [5, 5.41) is 2.33. The molecular weight excluding hydrogens is 312 g/mol. The first kappa shape index (κ1) is 20.3. The van der Waals surface area contributed by atoms with E-state index in [1.165, 1.54) is 4.90 Å². The number of carbonyl (C=O) groups is 4. The van der Waals surface area contributed by atoms with Gasteiger partial charge in [0.25, 0.3) is 0 Å². The molecular formula is C17H28N2O5. The minimum Gasteiger partial charge on any atom is -0.381 e. The van der Waals surface area contributed by atoms with Crippen LogP contribution >= 0.6 is 0 Å². The van der Waals surface area contributed by atoms with E-state index < -0.39 is 6.04 Å². The van der Waals surface area contributed by atoms with Crippen LogP contribution in [0.1, 0.15) is 44.9 Å². The number of ether oxygens (including phenoxy) is 1. The molecule has 0 aromatic carbocycles. The van der Waals surface area contributed by atoms with Crippen LogP contribution in [0, 0.1) is 5.92 Å². The minimum absolute atomic E-state index is 0.0779. The van der Waals surface area contributed by atoms with Crippen molar-refractivity contribution >= 4 is 24.9 Å². The van der Waals surface area contributed by atoms with E-state index in [0.29, 0.717) is 39.0 Å². The Balaban J connectivity index is 2.13. The molecule has 136 valence electrons. The van der Waals surface area contributed by atoms with Crippen LogP contribution in [0.2, 0.25) is 0 Å². The lowest BCUT2D eigenvalue weighted by atomic mass is 10.1. The lowest BCUT2D eigenvalue weighted by molar-refractivity contribution is -0.134. The van der Waals surface area contributed by atoms with Crippen molar-refractivity contribution in [2.24, 2.45) is 5.92 Å². The van der Waals surface area contributed by atoms with Gasteiger partial charge in [-0.15, -0.1) is 0 Å². The van der Waals surface area contributed by atoms with Crippen molar-refractivity contribution < 1.29 is 23.9 Å². The van der Waals surface area contributed by atoms with Crippen molar-refractivity contribution in [2.45, 2.75) is 51.0 Å². The first-order valence-corrected chi connectivity index (χ1v) is 8.66. The van der Waals surface area contributed by atoms with E-state index in [2.05, 4.69) is 5.32 Å².